The zero-order valence-corrected chi connectivity index (χ0v) is 17.2. The molecule has 0 radical (unpaired) electrons. The van der Waals surface area contributed by atoms with Gasteiger partial charge in [-0.2, -0.15) is 0 Å². The predicted octanol–water partition coefficient (Wildman–Crippen LogP) is 3.75. The minimum atomic E-state index is 0.622. The SMILES string of the molecule is CCCOc1ccc(CNC(=NC)NCc2ccccc2OCC)cc1OC. The van der Waals surface area contributed by atoms with E-state index in [1.807, 2.05) is 49.4 Å². The predicted molar refractivity (Wildman–Crippen MR) is 113 cm³/mol. The number of benzene rings is 2. The van der Waals surface area contributed by atoms with Crippen LogP contribution in [0.15, 0.2) is 47.5 Å². The summed E-state index contributed by atoms with van der Waals surface area (Å²) >= 11 is 0. The molecular weight excluding hydrogens is 354 g/mol. The average molecular weight is 386 g/mol. The molecule has 0 aliphatic rings. The van der Waals surface area contributed by atoms with Crippen molar-refractivity contribution in [2.45, 2.75) is 33.4 Å². The molecule has 0 aromatic heterocycles. The molecule has 0 atom stereocenters. The summed E-state index contributed by atoms with van der Waals surface area (Å²) in [6.45, 7) is 6.63. The Hall–Kier alpha value is -2.89. The molecule has 2 N–H and O–H groups in total. The minimum Gasteiger partial charge on any atom is -0.494 e. The Kier molecular flexibility index (Phi) is 8.98. The molecule has 0 spiro atoms. The molecule has 2 rings (SSSR count). The maximum Gasteiger partial charge on any atom is 0.191 e. The monoisotopic (exact) mass is 385 g/mol. The summed E-state index contributed by atoms with van der Waals surface area (Å²) in [5.41, 5.74) is 2.17. The standard InChI is InChI=1S/C22H31N3O3/c1-5-13-28-20-12-11-17(14-21(20)26-4)15-24-22(23-3)25-16-18-9-7-8-10-19(18)27-6-2/h7-12,14H,5-6,13,15-16H2,1-4H3,(H2,23,24,25). The van der Waals surface area contributed by atoms with Crippen molar-refractivity contribution in [2.75, 3.05) is 27.4 Å². The van der Waals surface area contributed by atoms with Crippen LogP contribution in [-0.2, 0) is 13.1 Å². The molecule has 2 aromatic carbocycles. The fourth-order valence-electron chi connectivity index (χ4n) is 2.68. The molecule has 152 valence electrons. The van der Waals surface area contributed by atoms with Gasteiger partial charge in [-0.25, -0.2) is 0 Å². The van der Waals surface area contributed by atoms with Gasteiger partial charge in [0.2, 0.25) is 0 Å². The second kappa shape index (κ2) is 11.7. The van der Waals surface area contributed by atoms with E-state index < -0.39 is 0 Å². The van der Waals surface area contributed by atoms with Crippen molar-refractivity contribution in [1.82, 2.24) is 10.6 Å². The third-order valence-electron chi connectivity index (χ3n) is 4.09. The Labute approximate surface area is 167 Å². The maximum absolute atomic E-state index is 5.70. The molecule has 0 bridgehead atoms. The molecule has 0 heterocycles. The Morgan fingerprint density at radius 1 is 0.929 bits per heavy atom. The van der Waals surface area contributed by atoms with Crippen LogP contribution in [0, 0.1) is 0 Å². The first-order valence-electron chi connectivity index (χ1n) is 9.66. The van der Waals surface area contributed by atoms with Gasteiger partial charge >= 0.3 is 0 Å². The second-order valence-electron chi connectivity index (χ2n) is 6.15. The molecule has 2 aromatic rings. The lowest BCUT2D eigenvalue weighted by atomic mass is 10.2. The highest BCUT2D eigenvalue weighted by Crippen LogP contribution is 2.28. The highest BCUT2D eigenvalue weighted by molar-refractivity contribution is 5.79. The zero-order valence-electron chi connectivity index (χ0n) is 17.2. The van der Waals surface area contributed by atoms with Crippen molar-refractivity contribution in [3.8, 4) is 17.2 Å². The average Bonchev–Trinajstić information content (AvgIpc) is 2.73. The van der Waals surface area contributed by atoms with Crippen LogP contribution in [0.5, 0.6) is 17.2 Å². The van der Waals surface area contributed by atoms with Crippen LogP contribution in [0.4, 0.5) is 0 Å². The van der Waals surface area contributed by atoms with Gasteiger partial charge in [0.05, 0.1) is 20.3 Å². The fourth-order valence-corrected chi connectivity index (χ4v) is 2.68. The van der Waals surface area contributed by atoms with Gasteiger partial charge in [-0.15, -0.1) is 0 Å². The number of rotatable bonds is 10. The summed E-state index contributed by atoms with van der Waals surface area (Å²) in [5, 5.41) is 6.65. The van der Waals surface area contributed by atoms with Gasteiger partial charge in [0, 0.05) is 25.7 Å². The van der Waals surface area contributed by atoms with E-state index >= 15 is 0 Å². The van der Waals surface area contributed by atoms with Gasteiger partial charge in [0.1, 0.15) is 5.75 Å². The van der Waals surface area contributed by atoms with Crippen molar-refractivity contribution in [3.63, 3.8) is 0 Å². The molecule has 0 unspecified atom stereocenters. The number of guanidine groups is 1. The quantitative estimate of drug-likeness (QED) is 0.482. The van der Waals surface area contributed by atoms with Crippen LogP contribution in [0.1, 0.15) is 31.4 Å². The lowest BCUT2D eigenvalue weighted by molar-refractivity contribution is 0.294. The number of nitrogens with zero attached hydrogens (tertiary/aromatic N) is 1. The van der Waals surface area contributed by atoms with Gasteiger partial charge in [-0.05, 0) is 37.1 Å². The van der Waals surface area contributed by atoms with E-state index in [0.717, 1.165) is 40.8 Å². The topological polar surface area (TPSA) is 64.1 Å². The molecule has 28 heavy (non-hydrogen) atoms. The number of hydrogen-bond donors (Lipinski definition) is 2. The third-order valence-corrected chi connectivity index (χ3v) is 4.09. The first-order valence-corrected chi connectivity index (χ1v) is 9.66. The lowest BCUT2D eigenvalue weighted by Gasteiger charge is -2.15. The summed E-state index contributed by atoms with van der Waals surface area (Å²) in [6.07, 6.45) is 0.959. The fraction of sp³-hybridized carbons (Fsp3) is 0.409. The molecule has 0 aliphatic heterocycles. The lowest BCUT2D eigenvalue weighted by Crippen LogP contribution is -2.36. The van der Waals surface area contributed by atoms with E-state index in [9.17, 15) is 0 Å². The van der Waals surface area contributed by atoms with Gasteiger partial charge in [0.15, 0.2) is 17.5 Å². The molecule has 0 saturated carbocycles. The minimum absolute atomic E-state index is 0.622. The highest BCUT2D eigenvalue weighted by atomic mass is 16.5. The van der Waals surface area contributed by atoms with E-state index in [1.165, 1.54) is 0 Å². The summed E-state index contributed by atoms with van der Waals surface area (Å²) in [7, 11) is 3.41. The maximum atomic E-state index is 5.70. The molecule has 0 fully saturated rings. The zero-order chi connectivity index (χ0) is 20.2. The number of ether oxygens (including phenoxy) is 3. The summed E-state index contributed by atoms with van der Waals surface area (Å²) in [4.78, 5) is 4.29. The Morgan fingerprint density at radius 3 is 2.43 bits per heavy atom. The number of nitrogens with one attached hydrogen (secondary N) is 2. The summed E-state index contributed by atoms with van der Waals surface area (Å²) in [6, 6.07) is 14.0. The summed E-state index contributed by atoms with van der Waals surface area (Å²) < 4.78 is 16.8. The smallest absolute Gasteiger partial charge is 0.191 e. The van der Waals surface area contributed by atoms with E-state index in [1.54, 1.807) is 14.2 Å². The van der Waals surface area contributed by atoms with Gasteiger partial charge in [0.25, 0.3) is 0 Å². The van der Waals surface area contributed by atoms with Crippen molar-refractivity contribution in [3.05, 3.63) is 53.6 Å². The van der Waals surface area contributed by atoms with Gasteiger partial charge in [-0.1, -0.05) is 31.2 Å². The van der Waals surface area contributed by atoms with Crippen LogP contribution in [0.2, 0.25) is 0 Å². The molecular formula is C22H31N3O3. The number of para-hydroxylation sites is 1. The van der Waals surface area contributed by atoms with Gasteiger partial charge < -0.3 is 24.8 Å². The molecule has 0 saturated heterocycles. The van der Waals surface area contributed by atoms with Crippen LogP contribution in [0.25, 0.3) is 0 Å². The van der Waals surface area contributed by atoms with Crippen LogP contribution >= 0.6 is 0 Å². The number of aliphatic imine (C=N–C) groups is 1. The Morgan fingerprint density at radius 2 is 1.71 bits per heavy atom. The Balaban J connectivity index is 1.93. The highest BCUT2D eigenvalue weighted by Gasteiger charge is 2.07. The molecule has 0 aliphatic carbocycles. The van der Waals surface area contributed by atoms with Crippen molar-refractivity contribution in [2.24, 2.45) is 4.99 Å². The first kappa shape index (κ1) is 21.4. The number of hydrogen-bond acceptors (Lipinski definition) is 4. The third kappa shape index (κ3) is 6.37. The molecule has 6 heteroatoms. The first-order chi connectivity index (χ1) is 13.7. The molecule has 6 nitrogen and oxygen atoms in total. The van der Waals surface area contributed by atoms with E-state index in [2.05, 4.69) is 22.5 Å². The van der Waals surface area contributed by atoms with Crippen molar-refractivity contribution < 1.29 is 14.2 Å². The van der Waals surface area contributed by atoms with E-state index in [0.29, 0.717) is 26.3 Å². The van der Waals surface area contributed by atoms with Gasteiger partial charge in [-0.3, -0.25) is 4.99 Å². The van der Waals surface area contributed by atoms with E-state index in [4.69, 9.17) is 14.2 Å². The van der Waals surface area contributed by atoms with Crippen LogP contribution < -0.4 is 24.8 Å². The van der Waals surface area contributed by atoms with Crippen LogP contribution in [-0.4, -0.2) is 33.3 Å². The summed E-state index contributed by atoms with van der Waals surface area (Å²) in [5.74, 6) is 3.11. The molecule has 0 amide bonds. The van der Waals surface area contributed by atoms with Crippen molar-refractivity contribution >= 4 is 5.96 Å². The Bertz CT molecular complexity index is 762. The second-order valence-corrected chi connectivity index (χ2v) is 6.15. The normalized spacial score (nSPS) is 11.1. The largest absolute Gasteiger partial charge is 0.494 e. The van der Waals surface area contributed by atoms with E-state index in [-0.39, 0.29) is 0 Å². The number of methoxy groups -OCH3 is 1. The van der Waals surface area contributed by atoms with Crippen molar-refractivity contribution in [1.29, 1.82) is 0 Å². The van der Waals surface area contributed by atoms with Crippen LogP contribution in [0.3, 0.4) is 0 Å².